The van der Waals surface area contributed by atoms with Crippen molar-refractivity contribution in [3.05, 3.63) is 28.8 Å². The summed E-state index contributed by atoms with van der Waals surface area (Å²) >= 11 is 5.65. The minimum absolute atomic E-state index is 0.0673. The van der Waals surface area contributed by atoms with Crippen LogP contribution in [0.1, 0.15) is 10.4 Å². The molecule has 0 radical (unpaired) electrons. The van der Waals surface area contributed by atoms with Gasteiger partial charge in [0.25, 0.3) is 0 Å². The van der Waals surface area contributed by atoms with E-state index in [-0.39, 0.29) is 16.3 Å². The molecule has 3 nitrogen and oxygen atoms in total. The van der Waals surface area contributed by atoms with Gasteiger partial charge in [-0.05, 0) is 12.1 Å². The zero-order valence-electron chi connectivity index (χ0n) is 8.75. The normalized spacial score (nSPS) is 11.4. The lowest BCUT2D eigenvalue weighted by Gasteiger charge is -2.22. The average molecular weight is 268 g/mol. The maximum absolute atomic E-state index is 12.2. The first-order chi connectivity index (χ1) is 7.72. The van der Waals surface area contributed by atoms with Gasteiger partial charge in [-0.2, -0.15) is 13.2 Å². The molecule has 0 bridgehead atoms. The SMILES string of the molecule is CN(CC(F)(F)F)c1cccc(Cl)c1C(=O)O. The molecule has 0 saturated heterocycles. The van der Waals surface area contributed by atoms with Gasteiger partial charge < -0.3 is 10.0 Å². The maximum Gasteiger partial charge on any atom is 0.405 e. The van der Waals surface area contributed by atoms with Crippen molar-refractivity contribution in [3.63, 3.8) is 0 Å². The van der Waals surface area contributed by atoms with Gasteiger partial charge >= 0.3 is 12.1 Å². The lowest BCUT2D eigenvalue weighted by molar-refractivity contribution is -0.119. The Hall–Kier alpha value is -1.43. The number of carboxylic acids is 1. The molecule has 1 N–H and O–H groups in total. The molecule has 0 aliphatic heterocycles. The van der Waals surface area contributed by atoms with Crippen molar-refractivity contribution in [1.82, 2.24) is 0 Å². The molecule has 0 heterocycles. The number of hydrogen-bond donors (Lipinski definition) is 1. The summed E-state index contributed by atoms with van der Waals surface area (Å²) in [5, 5.41) is 8.81. The fourth-order valence-electron chi connectivity index (χ4n) is 1.40. The van der Waals surface area contributed by atoms with Crippen LogP contribution in [0.2, 0.25) is 5.02 Å². The molecule has 7 heteroatoms. The number of benzene rings is 1. The highest BCUT2D eigenvalue weighted by molar-refractivity contribution is 6.34. The van der Waals surface area contributed by atoms with Crippen LogP contribution in [0.15, 0.2) is 18.2 Å². The Morgan fingerprint density at radius 1 is 1.47 bits per heavy atom. The summed E-state index contributed by atoms with van der Waals surface area (Å²) in [4.78, 5) is 11.7. The zero-order valence-corrected chi connectivity index (χ0v) is 9.51. The quantitative estimate of drug-likeness (QED) is 0.915. The predicted octanol–water partition coefficient (Wildman–Crippen LogP) is 3.04. The van der Waals surface area contributed by atoms with Crippen molar-refractivity contribution in [1.29, 1.82) is 0 Å². The second-order valence-electron chi connectivity index (χ2n) is 3.41. The van der Waals surface area contributed by atoms with Crippen molar-refractivity contribution in [2.45, 2.75) is 6.18 Å². The molecule has 94 valence electrons. The van der Waals surface area contributed by atoms with Crippen LogP contribution in [0, 0.1) is 0 Å². The van der Waals surface area contributed by atoms with Crippen LogP contribution in [-0.4, -0.2) is 30.8 Å². The van der Waals surface area contributed by atoms with Crippen LogP contribution in [0.4, 0.5) is 18.9 Å². The molecule has 0 aliphatic rings. The lowest BCUT2D eigenvalue weighted by atomic mass is 10.1. The Balaban J connectivity index is 3.13. The molecule has 0 aliphatic carbocycles. The number of rotatable bonds is 3. The molecule has 0 saturated carbocycles. The summed E-state index contributed by atoms with van der Waals surface area (Å²) in [7, 11) is 1.16. The average Bonchev–Trinajstić information content (AvgIpc) is 2.13. The third-order valence-corrected chi connectivity index (χ3v) is 2.35. The van der Waals surface area contributed by atoms with Crippen LogP contribution >= 0.6 is 11.6 Å². The fourth-order valence-corrected chi connectivity index (χ4v) is 1.65. The maximum atomic E-state index is 12.2. The van der Waals surface area contributed by atoms with Gasteiger partial charge in [0.1, 0.15) is 12.1 Å². The van der Waals surface area contributed by atoms with Gasteiger partial charge in [0, 0.05) is 7.05 Å². The van der Waals surface area contributed by atoms with Crippen LogP contribution < -0.4 is 4.90 Å². The number of hydrogen-bond acceptors (Lipinski definition) is 2. The van der Waals surface area contributed by atoms with Gasteiger partial charge in [-0.15, -0.1) is 0 Å². The van der Waals surface area contributed by atoms with Crippen LogP contribution in [0.3, 0.4) is 0 Å². The molecule has 0 atom stereocenters. The minimum atomic E-state index is -4.41. The van der Waals surface area contributed by atoms with Gasteiger partial charge in [-0.3, -0.25) is 0 Å². The van der Waals surface area contributed by atoms with Crippen LogP contribution in [0.25, 0.3) is 0 Å². The van der Waals surface area contributed by atoms with Crippen molar-refractivity contribution < 1.29 is 23.1 Å². The first-order valence-electron chi connectivity index (χ1n) is 4.52. The van der Waals surface area contributed by atoms with Gasteiger partial charge in [0.15, 0.2) is 0 Å². The molecule has 1 aromatic rings. The molecule has 1 aromatic carbocycles. The van der Waals surface area contributed by atoms with E-state index >= 15 is 0 Å². The Kier molecular flexibility index (Phi) is 3.87. The number of aromatic carboxylic acids is 1. The Morgan fingerprint density at radius 3 is 2.53 bits per heavy atom. The third kappa shape index (κ3) is 3.52. The monoisotopic (exact) mass is 267 g/mol. The summed E-state index contributed by atoms with van der Waals surface area (Å²) in [6, 6.07) is 3.99. The molecule has 0 spiro atoms. The van der Waals surface area contributed by atoms with Gasteiger partial charge in [0.05, 0.1) is 10.7 Å². The number of anilines is 1. The smallest absolute Gasteiger partial charge is 0.405 e. The van der Waals surface area contributed by atoms with E-state index in [4.69, 9.17) is 16.7 Å². The van der Waals surface area contributed by atoms with E-state index in [2.05, 4.69) is 0 Å². The predicted molar refractivity (Wildman–Crippen MR) is 57.7 cm³/mol. The van der Waals surface area contributed by atoms with Gasteiger partial charge in [-0.25, -0.2) is 4.79 Å². The van der Waals surface area contributed by atoms with E-state index in [1.165, 1.54) is 18.2 Å². The molecular formula is C10H9ClF3NO2. The summed E-state index contributed by atoms with van der Waals surface area (Å²) in [5.41, 5.74) is -0.400. The molecule has 1 rings (SSSR count). The van der Waals surface area contributed by atoms with Crippen LogP contribution in [-0.2, 0) is 0 Å². The highest BCUT2D eigenvalue weighted by atomic mass is 35.5. The van der Waals surface area contributed by atoms with Crippen molar-refractivity contribution in [2.24, 2.45) is 0 Å². The first-order valence-corrected chi connectivity index (χ1v) is 4.90. The first kappa shape index (κ1) is 13.6. The Morgan fingerprint density at radius 2 is 2.06 bits per heavy atom. The number of carboxylic acid groups (broad SMARTS) is 1. The van der Waals surface area contributed by atoms with E-state index in [0.29, 0.717) is 0 Å². The molecule has 0 aromatic heterocycles. The van der Waals surface area contributed by atoms with Gasteiger partial charge in [-0.1, -0.05) is 17.7 Å². The highest BCUT2D eigenvalue weighted by Gasteiger charge is 2.31. The van der Waals surface area contributed by atoms with E-state index in [9.17, 15) is 18.0 Å². The van der Waals surface area contributed by atoms with Crippen molar-refractivity contribution >= 4 is 23.3 Å². The summed E-state index contributed by atoms with van der Waals surface area (Å²) in [6.07, 6.45) is -4.41. The Labute approximate surface area is 100 Å². The summed E-state index contributed by atoms with van der Waals surface area (Å²) in [6.45, 7) is -1.24. The molecule has 17 heavy (non-hydrogen) atoms. The second kappa shape index (κ2) is 4.83. The van der Waals surface area contributed by atoms with Crippen molar-refractivity contribution in [3.8, 4) is 0 Å². The molecule has 0 amide bonds. The largest absolute Gasteiger partial charge is 0.478 e. The van der Waals surface area contributed by atoms with E-state index in [0.717, 1.165) is 11.9 Å². The summed E-state index contributed by atoms with van der Waals surface area (Å²) in [5.74, 6) is -1.36. The number of halogens is 4. The van der Waals surface area contributed by atoms with Crippen molar-refractivity contribution in [2.75, 3.05) is 18.5 Å². The number of carbonyl (C=O) groups is 1. The van der Waals surface area contributed by atoms with Gasteiger partial charge in [0.2, 0.25) is 0 Å². The van der Waals surface area contributed by atoms with E-state index in [1.807, 2.05) is 0 Å². The van der Waals surface area contributed by atoms with E-state index in [1.54, 1.807) is 0 Å². The third-order valence-electron chi connectivity index (χ3n) is 2.03. The van der Waals surface area contributed by atoms with E-state index < -0.39 is 18.7 Å². The second-order valence-corrected chi connectivity index (χ2v) is 3.82. The Bertz CT molecular complexity index is 434. The molecular weight excluding hydrogens is 259 g/mol. The minimum Gasteiger partial charge on any atom is -0.478 e. The molecule has 0 fully saturated rings. The number of nitrogens with zero attached hydrogens (tertiary/aromatic N) is 1. The highest BCUT2D eigenvalue weighted by Crippen LogP contribution is 2.28. The van der Waals surface area contributed by atoms with Crippen LogP contribution in [0.5, 0.6) is 0 Å². The summed E-state index contributed by atoms with van der Waals surface area (Å²) < 4.78 is 36.6. The number of alkyl halides is 3. The molecule has 0 unspecified atom stereocenters. The lowest BCUT2D eigenvalue weighted by Crippen LogP contribution is -2.31. The topological polar surface area (TPSA) is 40.5 Å². The zero-order chi connectivity index (χ0) is 13.2. The fraction of sp³-hybridized carbons (Fsp3) is 0.300. The standard InChI is InChI=1S/C10H9ClF3NO2/c1-15(5-10(12,13)14)7-4-2-3-6(11)8(7)9(16)17/h2-4H,5H2,1H3,(H,16,17).